The Labute approximate surface area is 153 Å². The van der Waals surface area contributed by atoms with Crippen LogP contribution >= 0.6 is 0 Å². The minimum Gasteiger partial charge on any atom is -0.347 e. The Morgan fingerprint density at radius 1 is 0.962 bits per heavy atom. The monoisotopic (exact) mass is 350 g/mol. The molecule has 5 nitrogen and oxygen atoms in total. The van der Waals surface area contributed by atoms with Crippen molar-refractivity contribution in [3.8, 4) is 0 Å². The Morgan fingerprint density at radius 3 is 2.27 bits per heavy atom. The van der Waals surface area contributed by atoms with Crippen molar-refractivity contribution >= 4 is 17.7 Å². The van der Waals surface area contributed by atoms with Crippen molar-refractivity contribution in [2.45, 2.75) is 32.7 Å². The lowest BCUT2D eigenvalue weighted by molar-refractivity contribution is 0.0656. The number of carbonyl (C=O) groups is 3. The van der Waals surface area contributed by atoms with Gasteiger partial charge in [-0.3, -0.25) is 19.3 Å². The lowest BCUT2D eigenvalue weighted by Crippen LogP contribution is -2.40. The van der Waals surface area contributed by atoms with Crippen molar-refractivity contribution in [2.75, 3.05) is 6.54 Å². The first-order valence-electron chi connectivity index (χ1n) is 8.63. The van der Waals surface area contributed by atoms with Gasteiger partial charge in [0.05, 0.1) is 11.1 Å². The van der Waals surface area contributed by atoms with Gasteiger partial charge in [0.25, 0.3) is 17.7 Å². The summed E-state index contributed by atoms with van der Waals surface area (Å²) in [7, 11) is 0. The third-order valence-corrected chi connectivity index (χ3v) is 4.19. The van der Waals surface area contributed by atoms with Crippen molar-refractivity contribution in [3.63, 3.8) is 0 Å². The van der Waals surface area contributed by atoms with Gasteiger partial charge in [0, 0.05) is 17.6 Å². The largest absolute Gasteiger partial charge is 0.347 e. The molecular formula is C21H22N2O3. The molecule has 0 aromatic heterocycles. The predicted octanol–water partition coefficient (Wildman–Crippen LogP) is 3.05. The zero-order valence-electron chi connectivity index (χ0n) is 15.2. The highest BCUT2D eigenvalue weighted by atomic mass is 16.2. The van der Waals surface area contributed by atoms with E-state index in [1.807, 2.05) is 51.1 Å². The van der Waals surface area contributed by atoms with E-state index in [1.165, 1.54) is 11.0 Å². The van der Waals surface area contributed by atoms with Gasteiger partial charge in [-0.05, 0) is 51.0 Å². The van der Waals surface area contributed by atoms with E-state index < -0.39 is 0 Å². The van der Waals surface area contributed by atoms with Crippen LogP contribution < -0.4 is 5.32 Å². The van der Waals surface area contributed by atoms with Crippen molar-refractivity contribution in [3.05, 3.63) is 70.8 Å². The Morgan fingerprint density at radius 2 is 1.62 bits per heavy atom. The smallest absolute Gasteiger partial charge is 0.261 e. The zero-order chi connectivity index (χ0) is 18.9. The van der Waals surface area contributed by atoms with Crippen LogP contribution in [0.5, 0.6) is 0 Å². The Kier molecular flexibility index (Phi) is 4.64. The second-order valence-corrected chi connectivity index (χ2v) is 7.46. The SMILES string of the molecule is CC(C)(C)NC(=O)c1ccc2c(c1)C(=O)N(CCc1ccccc1)C2=O. The van der Waals surface area contributed by atoms with Crippen LogP contribution in [0.25, 0.3) is 0 Å². The van der Waals surface area contributed by atoms with Gasteiger partial charge in [0.15, 0.2) is 0 Å². The number of rotatable bonds is 4. The Hall–Kier alpha value is -2.95. The fourth-order valence-electron chi connectivity index (χ4n) is 2.93. The molecule has 0 aliphatic carbocycles. The van der Waals surface area contributed by atoms with Gasteiger partial charge in [-0.15, -0.1) is 0 Å². The molecule has 0 bridgehead atoms. The summed E-state index contributed by atoms with van der Waals surface area (Å²) in [6, 6.07) is 14.4. The first-order chi connectivity index (χ1) is 12.3. The number of benzene rings is 2. The van der Waals surface area contributed by atoms with Crippen molar-refractivity contribution in [2.24, 2.45) is 0 Å². The number of imide groups is 1. The molecule has 3 amide bonds. The van der Waals surface area contributed by atoms with E-state index in [0.29, 0.717) is 29.7 Å². The van der Waals surface area contributed by atoms with E-state index in [9.17, 15) is 14.4 Å². The summed E-state index contributed by atoms with van der Waals surface area (Å²) in [5.41, 5.74) is 1.72. The van der Waals surface area contributed by atoms with Crippen LogP contribution in [0.1, 0.15) is 57.4 Å². The van der Waals surface area contributed by atoms with Crippen LogP contribution in [0.2, 0.25) is 0 Å². The molecule has 0 radical (unpaired) electrons. The standard InChI is InChI=1S/C21H22N2O3/c1-21(2,3)22-18(24)15-9-10-16-17(13-15)20(26)23(19(16)25)12-11-14-7-5-4-6-8-14/h4-10,13H,11-12H2,1-3H3,(H,22,24). The molecule has 0 saturated heterocycles. The maximum Gasteiger partial charge on any atom is 0.261 e. The second kappa shape index (κ2) is 6.75. The third-order valence-electron chi connectivity index (χ3n) is 4.19. The number of fused-ring (bicyclic) bond motifs is 1. The Balaban J connectivity index is 1.78. The lowest BCUT2D eigenvalue weighted by atomic mass is 10.0. The summed E-state index contributed by atoms with van der Waals surface area (Å²) in [5.74, 6) is -0.904. The van der Waals surface area contributed by atoms with Crippen LogP contribution in [0.15, 0.2) is 48.5 Å². The van der Waals surface area contributed by atoms with E-state index >= 15 is 0 Å². The number of carbonyl (C=O) groups excluding carboxylic acids is 3. The Bertz CT molecular complexity index is 867. The number of nitrogens with zero attached hydrogens (tertiary/aromatic N) is 1. The van der Waals surface area contributed by atoms with E-state index in [4.69, 9.17) is 0 Å². The zero-order valence-corrected chi connectivity index (χ0v) is 15.2. The molecule has 3 rings (SSSR count). The fourth-order valence-corrected chi connectivity index (χ4v) is 2.93. The van der Waals surface area contributed by atoms with Gasteiger partial charge in [0.1, 0.15) is 0 Å². The van der Waals surface area contributed by atoms with E-state index in [0.717, 1.165) is 5.56 Å². The molecule has 0 spiro atoms. The summed E-state index contributed by atoms with van der Waals surface area (Å²) >= 11 is 0. The van der Waals surface area contributed by atoms with Crippen molar-refractivity contribution in [1.29, 1.82) is 0 Å². The molecule has 2 aromatic rings. The van der Waals surface area contributed by atoms with Crippen molar-refractivity contribution < 1.29 is 14.4 Å². The molecule has 0 fully saturated rings. The number of hydrogen-bond acceptors (Lipinski definition) is 3. The van der Waals surface area contributed by atoms with Gasteiger partial charge >= 0.3 is 0 Å². The molecule has 134 valence electrons. The molecule has 0 unspecified atom stereocenters. The molecule has 1 aliphatic heterocycles. The average molecular weight is 350 g/mol. The highest BCUT2D eigenvalue weighted by Crippen LogP contribution is 2.24. The maximum absolute atomic E-state index is 12.7. The molecule has 2 aromatic carbocycles. The quantitative estimate of drug-likeness (QED) is 0.862. The number of amides is 3. The number of nitrogens with one attached hydrogen (secondary N) is 1. The fraction of sp³-hybridized carbons (Fsp3) is 0.286. The maximum atomic E-state index is 12.7. The van der Waals surface area contributed by atoms with E-state index in [2.05, 4.69) is 5.32 Å². The lowest BCUT2D eigenvalue weighted by Gasteiger charge is -2.20. The highest BCUT2D eigenvalue weighted by molar-refractivity contribution is 6.22. The van der Waals surface area contributed by atoms with Crippen LogP contribution in [-0.4, -0.2) is 34.7 Å². The molecule has 0 atom stereocenters. The molecule has 1 heterocycles. The summed E-state index contributed by atoms with van der Waals surface area (Å²) in [5, 5.41) is 2.86. The molecule has 1 N–H and O–H groups in total. The molecule has 5 heteroatoms. The van der Waals surface area contributed by atoms with Gasteiger partial charge in [0.2, 0.25) is 0 Å². The van der Waals surface area contributed by atoms with Crippen LogP contribution in [-0.2, 0) is 6.42 Å². The molecular weight excluding hydrogens is 328 g/mol. The minimum absolute atomic E-state index is 0.261. The predicted molar refractivity (Wildman–Crippen MR) is 99.2 cm³/mol. The topological polar surface area (TPSA) is 66.5 Å². The minimum atomic E-state index is -0.377. The summed E-state index contributed by atoms with van der Waals surface area (Å²) in [6.45, 7) is 5.98. The van der Waals surface area contributed by atoms with Gasteiger partial charge in [-0.1, -0.05) is 30.3 Å². The average Bonchev–Trinajstić information content (AvgIpc) is 2.83. The molecule has 1 aliphatic rings. The first-order valence-corrected chi connectivity index (χ1v) is 8.63. The van der Waals surface area contributed by atoms with E-state index in [-0.39, 0.29) is 23.3 Å². The highest BCUT2D eigenvalue weighted by Gasteiger charge is 2.35. The normalized spacial score (nSPS) is 13.7. The van der Waals surface area contributed by atoms with Crippen molar-refractivity contribution in [1.82, 2.24) is 10.2 Å². The summed E-state index contributed by atoms with van der Waals surface area (Å²) < 4.78 is 0. The van der Waals surface area contributed by atoms with Crippen LogP contribution in [0, 0.1) is 0 Å². The van der Waals surface area contributed by atoms with E-state index in [1.54, 1.807) is 12.1 Å². The number of hydrogen-bond donors (Lipinski definition) is 1. The summed E-state index contributed by atoms with van der Waals surface area (Å²) in [4.78, 5) is 38.8. The second-order valence-electron chi connectivity index (χ2n) is 7.46. The van der Waals surface area contributed by atoms with Crippen LogP contribution in [0.3, 0.4) is 0 Å². The third kappa shape index (κ3) is 3.67. The molecule has 0 saturated carbocycles. The van der Waals surface area contributed by atoms with Gasteiger partial charge < -0.3 is 5.32 Å². The molecule has 26 heavy (non-hydrogen) atoms. The van der Waals surface area contributed by atoms with Crippen LogP contribution in [0.4, 0.5) is 0 Å². The summed E-state index contributed by atoms with van der Waals surface area (Å²) in [6.07, 6.45) is 0.601. The first kappa shape index (κ1) is 17.9. The van der Waals surface area contributed by atoms with Gasteiger partial charge in [-0.25, -0.2) is 0 Å². The van der Waals surface area contributed by atoms with Gasteiger partial charge in [-0.2, -0.15) is 0 Å².